The molecule has 0 aromatic rings. The van der Waals surface area contributed by atoms with Crippen molar-refractivity contribution in [2.45, 2.75) is 39.2 Å². The molecule has 0 saturated heterocycles. The molecule has 0 aliphatic heterocycles. The highest BCUT2D eigenvalue weighted by Gasteiger charge is 2.69. The normalized spacial score (nSPS) is 36.8. The van der Waals surface area contributed by atoms with E-state index in [1.807, 2.05) is 13.8 Å². The number of aliphatic carboxylic acids is 1. The molecule has 2 N–H and O–H groups in total. The van der Waals surface area contributed by atoms with E-state index in [2.05, 4.69) is 5.32 Å². The van der Waals surface area contributed by atoms with Gasteiger partial charge >= 0.3 is 5.97 Å². The molecule has 0 aromatic heterocycles. The molecule has 0 aromatic carbocycles. The van der Waals surface area contributed by atoms with Crippen LogP contribution in [0.5, 0.6) is 0 Å². The van der Waals surface area contributed by atoms with Gasteiger partial charge in [0.15, 0.2) is 0 Å². The number of carboxylic acid groups (broad SMARTS) is 1. The van der Waals surface area contributed by atoms with Crippen LogP contribution in [0.25, 0.3) is 0 Å². The summed E-state index contributed by atoms with van der Waals surface area (Å²) in [5.41, 5.74) is -1.28. The number of carboxylic acids is 1. The molecule has 1 aliphatic rings. The van der Waals surface area contributed by atoms with Crippen molar-refractivity contribution in [3.8, 4) is 0 Å². The van der Waals surface area contributed by atoms with Crippen molar-refractivity contribution in [1.82, 2.24) is 5.32 Å². The fraction of sp³-hybridized carbons (Fsp3) is 0.778. The van der Waals surface area contributed by atoms with Crippen LogP contribution < -0.4 is 5.32 Å². The molecule has 0 spiro atoms. The molecule has 0 unspecified atom stereocenters. The number of nitrogens with one attached hydrogen (secondary N) is 1. The molecule has 1 amide bonds. The molecule has 0 bridgehead atoms. The molecule has 13 heavy (non-hydrogen) atoms. The predicted molar refractivity (Wildman–Crippen MR) is 47.2 cm³/mol. The number of amides is 1. The van der Waals surface area contributed by atoms with Crippen molar-refractivity contribution >= 4 is 11.9 Å². The first kappa shape index (κ1) is 10.0. The lowest BCUT2D eigenvalue weighted by Gasteiger charge is -2.18. The van der Waals surface area contributed by atoms with E-state index in [0.29, 0.717) is 6.42 Å². The van der Waals surface area contributed by atoms with Gasteiger partial charge in [-0.3, -0.25) is 4.79 Å². The molecule has 74 valence electrons. The average molecular weight is 185 g/mol. The SMILES string of the molecule is CC[C@]1(C)C[C@@]1(NC(C)=O)C(=O)O. The van der Waals surface area contributed by atoms with Crippen LogP contribution in [0, 0.1) is 5.41 Å². The Balaban J connectivity index is 2.83. The summed E-state index contributed by atoms with van der Waals surface area (Å²) >= 11 is 0. The number of rotatable bonds is 3. The van der Waals surface area contributed by atoms with Crippen molar-refractivity contribution in [3.05, 3.63) is 0 Å². The minimum Gasteiger partial charge on any atom is -0.479 e. The molecular formula is C9H15NO3. The van der Waals surface area contributed by atoms with Gasteiger partial charge in [0.2, 0.25) is 5.91 Å². The van der Waals surface area contributed by atoms with Gasteiger partial charge in [0.05, 0.1) is 0 Å². The fourth-order valence-electron chi connectivity index (χ4n) is 1.85. The van der Waals surface area contributed by atoms with E-state index in [1.165, 1.54) is 6.92 Å². The third-order valence-corrected chi connectivity index (χ3v) is 3.10. The minimum absolute atomic E-state index is 0.273. The first-order valence-corrected chi connectivity index (χ1v) is 4.40. The van der Waals surface area contributed by atoms with Crippen LogP contribution in [0.2, 0.25) is 0 Å². The Morgan fingerprint density at radius 2 is 2.08 bits per heavy atom. The second kappa shape index (κ2) is 2.72. The van der Waals surface area contributed by atoms with Crippen molar-refractivity contribution in [2.75, 3.05) is 0 Å². The van der Waals surface area contributed by atoms with E-state index in [4.69, 9.17) is 5.11 Å². The van der Waals surface area contributed by atoms with Crippen molar-refractivity contribution in [3.63, 3.8) is 0 Å². The Labute approximate surface area is 77.3 Å². The quantitative estimate of drug-likeness (QED) is 0.682. The van der Waals surface area contributed by atoms with Gasteiger partial charge in [-0.05, 0) is 12.8 Å². The highest BCUT2D eigenvalue weighted by atomic mass is 16.4. The first-order chi connectivity index (χ1) is 5.88. The lowest BCUT2D eigenvalue weighted by atomic mass is 9.99. The molecule has 0 heterocycles. The summed E-state index contributed by atoms with van der Waals surface area (Å²) in [7, 11) is 0. The van der Waals surface area contributed by atoms with E-state index < -0.39 is 11.5 Å². The molecule has 1 aliphatic carbocycles. The summed E-state index contributed by atoms with van der Waals surface area (Å²) in [5, 5.41) is 11.5. The maximum Gasteiger partial charge on any atom is 0.330 e. The first-order valence-electron chi connectivity index (χ1n) is 4.40. The third-order valence-electron chi connectivity index (χ3n) is 3.10. The molecule has 1 fully saturated rings. The summed E-state index contributed by atoms with van der Waals surface area (Å²) in [6.07, 6.45) is 1.30. The fourth-order valence-corrected chi connectivity index (χ4v) is 1.85. The van der Waals surface area contributed by atoms with Gasteiger partial charge in [0.25, 0.3) is 0 Å². The average Bonchev–Trinajstić information content (AvgIpc) is 2.58. The third kappa shape index (κ3) is 1.30. The Morgan fingerprint density at radius 3 is 2.31 bits per heavy atom. The zero-order valence-corrected chi connectivity index (χ0v) is 8.18. The number of carbonyl (C=O) groups is 2. The van der Waals surface area contributed by atoms with Crippen LogP contribution in [0.4, 0.5) is 0 Å². The van der Waals surface area contributed by atoms with Gasteiger partial charge in [-0.1, -0.05) is 13.8 Å². The Hall–Kier alpha value is -1.06. The second-order valence-electron chi connectivity index (χ2n) is 3.98. The van der Waals surface area contributed by atoms with E-state index >= 15 is 0 Å². The van der Waals surface area contributed by atoms with Gasteiger partial charge in [0.1, 0.15) is 5.54 Å². The molecule has 2 atom stereocenters. The van der Waals surface area contributed by atoms with Crippen LogP contribution in [-0.4, -0.2) is 22.5 Å². The highest BCUT2D eigenvalue weighted by molar-refractivity contribution is 5.90. The van der Waals surface area contributed by atoms with E-state index in [-0.39, 0.29) is 11.3 Å². The number of hydrogen-bond donors (Lipinski definition) is 2. The zero-order valence-electron chi connectivity index (χ0n) is 8.18. The van der Waals surface area contributed by atoms with Crippen molar-refractivity contribution in [1.29, 1.82) is 0 Å². The highest BCUT2D eigenvalue weighted by Crippen LogP contribution is 2.58. The molecule has 4 heteroatoms. The number of hydrogen-bond acceptors (Lipinski definition) is 2. The van der Waals surface area contributed by atoms with Gasteiger partial charge in [-0.15, -0.1) is 0 Å². The van der Waals surface area contributed by atoms with E-state index in [9.17, 15) is 9.59 Å². The Morgan fingerprint density at radius 1 is 1.54 bits per heavy atom. The summed E-state index contributed by atoms with van der Waals surface area (Å²) in [4.78, 5) is 21.8. The molecule has 1 rings (SSSR count). The maximum atomic E-state index is 11.0. The van der Waals surface area contributed by atoms with E-state index in [1.54, 1.807) is 0 Å². The second-order valence-corrected chi connectivity index (χ2v) is 3.98. The van der Waals surface area contributed by atoms with Crippen LogP contribution in [0.3, 0.4) is 0 Å². The molecular weight excluding hydrogens is 170 g/mol. The Kier molecular flexibility index (Phi) is 2.10. The lowest BCUT2D eigenvalue weighted by molar-refractivity contribution is -0.144. The van der Waals surface area contributed by atoms with E-state index in [0.717, 1.165) is 6.42 Å². The summed E-state index contributed by atoms with van der Waals surface area (Å²) in [6.45, 7) is 5.17. The lowest BCUT2D eigenvalue weighted by Crippen LogP contribution is -2.46. The Bertz CT molecular complexity index is 264. The van der Waals surface area contributed by atoms with Gasteiger partial charge in [-0.25, -0.2) is 4.79 Å². The maximum absolute atomic E-state index is 11.0. The number of carbonyl (C=O) groups excluding carboxylic acids is 1. The largest absolute Gasteiger partial charge is 0.479 e. The van der Waals surface area contributed by atoms with Crippen molar-refractivity contribution in [2.24, 2.45) is 5.41 Å². The molecule has 1 saturated carbocycles. The monoisotopic (exact) mass is 185 g/mol. The molecule has 4 nitrogen and oxygen atoms in total. The zero-order chi connectivity index (χ0) is 10.3. The molecule has 0 radical (unpaired) electrons. The van der Waals surface area contributed by atoms with Gasteiger partial charge in [0, 0.05) is 12.3 Å². The topological polar surface area (TPSA) is 66.4 Å². The predicted octanol–water partition coefficient (Wildman–Crippen LogP) is 0.766. The summed E-state index contributed by atoms with van der Waals surface area (Å²) < 4.78 is 0. The standard InChI is InChI=1S/C9H15NO3/c1-4-8(3)5-9(8,7(12)13)10-6(2)11/h4-5H2,1-3H3,(H,10,11)(H,12,13)/t8-,9-/m1/s1. The summed E-state index contributed by atoms with van der Waals surface area (Å²) in [5.74, 6) is -1.20. The van der Waals surface area contributed by atoms with Crippen LogP contribution >= 0.6 is 0 Å². The van der Waals surface area contributed by atoms with Gasteiger partial charge < -0.3 is 10.4 Å². The minimum atomic E-state index is -1.01. The van der Waals surface area contributed by atoms with Crippen molar-refractivity contribution < 1.29 is 14.7 Å². The summed E-state index contributed by atoms with van der Waals surface area (Å²) in [6, 6.07) is 0. The van der Waals surface area contributed by atoms with Crippen LogP contribution in [-0.2, 0) is 9.59 Å². The van der Waals surface area contributed by atoms with Crippen LogP contribution in [0.15, 0.2) is 0 Å². The smallest absolute Gasteiger partial charge is 0.330 e. The van der Waals surface area contributed by atoms with Crippen LogP contribution in [0.1, 0.15) is 33.6 Å². The van der Waals surface area contributed by atoms with Gasteiger partial charge in [-0.2, -0.15) is 0 Å².